The van der Waals surface area contributed by atoms with Gasteiger partial charge >= 0.3 is 5.97 Å². The predicted octanol–water partition coefficient (Wildman–Crippen LogP) is 2.33. The topological polar surface area (TPSA) is 80.8 Å². The molecule has 0 radical (unpaired) electrons. The molecule has 2 saturated carbocycles. The summed E-state index contributed by atoms with van der Waals surface area (Å²) >= 11 is 0. The summed E-state index contributed by atoms with van der Waals surface area (Å²) < 4.78 is 31.7. The molecule has 3 rings (SSSR count). The van der Waals surface area contributed by atoms with Crippen LogP contribution in [-0.2, 0) is 24.3 Å². The highest BCUT2D eigenvalue weighted by molar-refractivity contribution is 7.90. The molecule has 6 nitrogen and oxygen atoms in total. The summed E-state index contributed by atoms with van der Waals surface area (Å²) in [6.45, 7) is 9.14. The zero-order chi connectivity index (χ0) is 18.8. The maximum atomic E-state index is 12.7. The highest BCUT2D eigenvalue weighted by atomic mass is 32.2. The predicted molar refractivity (Wildman–Crippen MR) is 93.0 cm³/mol. The van der Waals surface area contributed by atoms with E-state index in [1.807, 2.05) is 6.92 Å². The maximum absolute atomic E-state index is 12.7. The molecule has 0 aromatic heterocycles. The van der Waals surface area contributed by atoms with Crippen LogP contribution in [0.4, 0.5) is 0 Å². The first-order chi connectivity index (χ1) is 11.4. The number of esters is 1. The van der Waals surface area contributed by atoms with Crippen molar-refractivity contribution >= 4 is 21.9 Å². The normalized spacial score (nSPS) is 34.8. The summed E-state index contributed by atoms with van der Waals surface area (Å²) in [7, 11) is -3.66. The fourth-order valence-electron chi connectivity index (χ4n) is 5.15. The molecular formula is C18H29NO5S. The minimum atomic E-state index is -3.66. The monoisotopic (exact) mass is 371 g/mol. The van der Waals surface area contributed by atoms with E-state index >= 15 is 0 Å². The molecule has 1 spiro atoms. The number of hydrogen-bond donors (Lipinski definition) is 0. The lowest BCUT2D eigenvalue weighted by Gasteiger charge is -2.37. The Balaban J connectivity index is 1.79. The standard InChI is InChI=1S/C18H29NO5S/c1-6-16(2,3)15(21)24-10-14(20)19-13-9-12-7-8-18(13,17(12,4)5)11-25(19,22)23/h12-13H,6-11H2,1-5H3. The Bertz CT molecular complexity index is 711. The number of carbonyl (C=O) groups excluding carboxylic acids is 2. The molecule has 1 amide bonds. The molecule has 2 bridgehead atoms. The first-order valence-electron chi connectivity index (χ1n) is 9.11. The number of rotatable bonds is 4. The Kier molecular flexibility index (Phi) is 4.07. The second-order valence-corrected chi connectivity index (χ2v) is 11.0. The zero-order valence-electron chi connectivity index (χ0n) is 15.8. The fraction of sp³-hybridized carbons (Fsp3) is 0.889. The SMILES string of the molecule is CCC(C)(C)C(=O)OCC(=O)N1C2CC3CCC2(CS1(=O)=O)C3(C)C. The van der Waals surface area contributed by atoms with Gasteiger partial charge in [-0.1, -0.05) is 20.8 Å². The molecule has 142 valence electrons. The van der Waals surface area contributed by atoms with Gasteiger partial charge in [-0.3, -0.25) is 9.59 Å². The third kappa shape index (κ3) is 2.45. The maximum Gasteiger partial charge on any atom is 0.312 e. The molecule has 3 aliphatic rings. The molecule has 1 aliphatic heterocycles. The van der Waals surface area contributed by atoms with Crippen molar-refractivity contribution in [1.82, 2.24) is 4.31 Å². The molecule has 1 saturated heterocycles. The number of nitrogens with zero attached hydrogens (tertiary/aromatic N) is 1. The van der Waals surface area contributed by atoms with Gasteiger partial charge < -0.3 is 4.74 Å². The number of carbonyl (C=O) groups is 2. The Hall–Kier alpha value is -1.11. The molecule has 3 unspecified atom stereocenters. The van der Waals surface area contributed by atoms with Crippen molar-refractivity contribution in [3.63, 3.8) is 0 Å². The Morgan fingerprint density at radius 3 is 2.48 bits per heavy atom. The van der Waals surface area contributed by atoms with E-state index in [0.717, 1.165) is 23.6 Å². The summed E-state index contributed by atoms with van der Waals surface area (Å²) in [6, 6.07) is -0.281. The third-order valence-corrected chi connectivity index (χ3v) is 9.36. The number of hydrogen-bond acceptors (Lipinski definition) is 5. The van der Waals surface area contributed by atoms with Gasteiger partial charge in [0.2, 0.25) is 10.0 Å². The molecule has 0 aromatic carbocycles. The smallest absolute Gasteiger partial charge is 0.312 e. The van der Waals surface area contributed by atoms with Crippen LogP contribution in [0.5, 0.6) is 0 Å². The van der Waals surface area contributed by atoms with Gasteiger partial charge in [-0.05, 0) is 50.9 Å². The van der Waals surface area contributed by atoms with Crippen molar-refractivity contribution in [2.75, 3.05) is 12.4 Å². The summed E-state index contributed by atoms with van der Waals surface area (Å²) in [5.74, 6) is -0.591. The van der Waals surface area contributed by atoms with E-state index in [-0.39, 0.29) is 22.6 Å². The average Bonchev–Trinajstić information content (AvgIpc) is 2.99. The number of fused-ring (bicyclic) bond motifs is 1. The summed E-state index contributed by atoms with van der Waals surface area (Å²) in [5.41, 5.74) is -1.11. The van der Waals surface area contributed by atoms with Gasteiger partial charge in [0.25, 0.3) is 5.91 Å². The van der Waals surface area contributed by atoms with Crippen LogP contribution in [0.15, 0.2) is 0 Å². The van der Waals surface area contributed by atoms with Crippen molar-refractivity contribution in [1.29, 1.82) is 0 Å². The minimum absolute atomic E-state index is 0.0360. The van der Waals surface area contributed by atoms with E-state index in [1.165, 1.54) is 0 Å². The lowest BCUT2D eigenvalue weighted by molar-refractivity contribution is -0.159. The Labute approximate surface area is 150 Å². The van der Waals surface area contributed by atoms with Gasteiger partial charge in [-0.25, -0.2) is 12.7 Å². The Morgan fingerprint density at radius 1 is 1.28 bits per heavy atom. The van der Waals surface area contributed by atoms with E-state index in [4.69, 9.17) is 4.74 Å². The van der Waals surface area contributed by atoms with E-state index in [1.54, 1.807) is 13.8 Å². The van der Waals surface area contributed by atoms with Crippen molar-refractivity contribution in [3.8, 4) is 0 Å². The summed E-state index contributed by atoms with van der Waals surface area (Å²) in [6.07, 6.45) is 3.19. The van der Waals surface area contributed by atoms with Crippen LogP contribution < -0.4 is 0 Å². The van der Waals surface area contributed by atoms with Gasteiger partial charge in [0.05, 0.1) is 17.2 Å². The highest BCUT2D eigenvalue weighted by Crippen LogP contribution is 2.69. The second-order valence-electron chi connectivity index (χ2n) is 9.12. The van der Waals surface area contributed by atoms with Crippen molar-refractivity contribution in [2.45, 2.75) is 66.3 Å². The van der Waals surface area contributed by atoms with Crippen LogP contribution in [0.3, 0.4) is 0 Å². The van der Waals surface area contributed by atoms with Crippen molar-refractivity contribution in [3.05, 3.63) is 0 Å². The summed E-state index contributed by atoms with van der Waals surface area (Å²) in [5, 5.41) is 0. The van der Waals surface area contributed by atoms with Gasteiger partial charge in [0.1, 0.15) is 0 Å². The Morgan fingerprint density at radius 2 is 1.92 bits per heavy atom. The third-order valence-electron chi connectivity index (χ3n) is 7.42. The molecule has 7 heteroatoms. The lowest BCUT2D eigenvalue weighted by atomic mass is 9.69. The van der Waals surface area contributed by atoms with Crippen LogP contribution in [-0.4, -0.2) is 43.0 Å². The molecule has 3 fully saturated rings. The van der Waals surface area contributed by atoms with Crippen LogP contribution in [0, 0.1) is 22.2 Å². The minimum Gasteiger partial charge on any atom is -0.455 e. The second kappa shape index (κ2) is 5.44. The van der Waals surface area contributed by atoms with Gasteiger partial charge in [-0.2, -0.15) is 0 Å². The average molecular weight is 371 g/mol. The van der Waals surface area contributed by atoms with E-state index < -0.39 is 33.9 Å². The first kappa shape index (κ1) is 18.7. The number of ether oxygens (including phenoxy) is 1. The number of amides is 1. The molecular weight excluding hydrogens is 342 g/mol. The quantitative estimate of drug-likeness (QED) is 0.709. The van der Waals surface area contributed by atoms with Crippen LogP contribution in [0.2, 0.25) is 0 Å². The molecule has 0 aromatic rings. The highest BCUT2D eigenvalue weighted by Gasteiger charge is 2.72. The van der Waals surface area contributed by atoms with Crippen LogP contribution in [0.25, 0.3) is 0 Å². The van der Waals surface area contributed by atoms with Crippen LogP contribution >= 0.6 is 0 Å². The van der Waals surface area contributed by atoms with Crippen molar-refractivity contribution < 1.29 is 22.7 Å². The van der Waals surface area contributed by atoms with E-state index in [9.17, 15) is 18.0 Å². The first-order valence-corrected chi connectivity index (χ1v) is 10.7. The zero-order valence-corrected chi connectivity index (χ0v) is 16.6. The van der Waals surface area contributed by atoms with Crippen molar-refractivity contribution in [2.24, 2.45) is 22.2 Å². The largest absolute Gasteiger partial charge is 0.455 e. The molecule has 2 aliphatic carbocycles. The van der Waals surface area contributed by atoms with E-state index in [0.29, 0.717) is 12.3 Å². The van der Waals surface area contributed by atoms with Gasteiger partial charge in [-0.15, -0.1) is 0 Å². The van der Waals surface area contributed by atoms with Gasteiger partial charge in [0, 0.05) is 5.41 Å². The van der Waals surface area contributed by atoms with Gasteiger partial charge in [0.15, 0.2) is 6.61 Å². The van der Waals surface area contributed by atoms with E-state index in [2.05, 4.69) is 13.8 Å². The molecule has 0 N–H and O–H groups in total. The van der Waals surface area contributed by atoms with Crippen LogP contribution in [0.1, 0.15) is 60.3 Å². The number of sulfonamides is 1. The lowest BCUT2D eigenvalue weighted by Crippen LogP contribution is -2.45. The fourth-order valence-corrected chi connectivity index (χ4v) is 7.69. The molecule has 25 heavy (non-hydrogen) atoms. The summed E-state index contributed by atoms with van der Waals surface area (Å²) in [4.78, 5) is 24.8. The molecule has 1 heterocycles. The molecule has 3 atom stereocenters.